The minimum Gasteiger partial charge on any atom is -0.378 e. The van der Waals surface area contributed by atoms with Gasteiger partial charge in [-0.3, -0.25) is 4.79 Å². The molecule has 128 valence electrons. The summed E-state index contributed by atoms with van der Waals surface area (Å²) in [7, 11) is -3.82. The third-order valence-electron chi connectivity index (χ3n) is 4.02. The SMILES string of the molecule is N#Cc1cccc(S(=O)(=O)N2CSC[C@H]2C(=O)N2CCOCC2)c1. The van der Waals surface area contributed by atoms with Crippen LogP contribution in [0.1, 0.15) is 5.56 Å². The smallest absolute Gasteiger partial charge is 0.244 e. The first-order valence-corrected chi connectivity index (χ1v) is 10.1. The minimum absolute atomic E-state index is 0.0452. The highest BCUT2D eigenvalue weighted by Crippen LogP contribution is 2.29. The number of hydrogen-bond acceptors (Lipinski definition) is 6. The van der Waals surface area contributed by atoms with Crippen LogP contribution in [0.3, 0.4) is 0 Å². The zero-order valence-corrected chi connectivity index (χ0v) is 14.6. The summed E-state index contributed by atoms with van der Waals surface area (Å²) in [5.41, 5.74) is 0.277. The van der Waals surface area contributed by atoms with Crippen LogP contribution >= 0.6 is 11.8 Å². The van der Waals surface area contributed by atoms with Crippen molar-refractivity contribution < 1.29 is 17.9 Å². The van der Waals surface area contributed by atoms with E-state index >= 15 is 0 Å². The molecule has 0 radical (unpaired) electrons. The summed E-state index contributed by atoms with van der Waals surface area (Å²) in [5.74, 6) is 0.496. The number of carbonyl (C=O) groups is 1. The molecule has 3 rings (SSSR count). The first-order chi connectivity index (χ1) is 11.5. The number of thioether (sulfide) groups is 1. The summed E-state index contributed by atoms with van der Waals surface area (Å²) in [4.78, 5) is 14.4. The predicted octanol–water partition coefficient (Wildman–Crippen LogP) is 0.481. The van der Waals surface area contributed by atoms with Gasteiger partial charge in [-0.15, -0.1) is 11.8 Å². The van der Waals surface area contributed by atoms with Gasteiger partial charge in [-0.05, 0) is 18.2 Å². The standard InChI is InChI=1S/C15H17N3O4S2/c16-9-12-2-1-3-13(8-12)24(20,21)18-11-23-10-14(18)15(19)17-4-6-22-7-5-17/h1-3,8,14H,4-7,10-11H2/t14-/m0/s1. The molecule has 9 heteroatoms. The number of nitriles is 1. The fraction of sp³-hybridized carbons (Fsp3) is 0.467. The molecule has 1 aromatic carbocycles. The molecule has 1 atom stereocenters. The molecule has 2 heterocycles. The average molecular weight is 367 g/mol. The summed E-state index contributed by atoms with van der Waals surface area (Å²) in [6.45, 7) is 1.92. The van der Waals surface area contributed by atoms with Gasteiger partial charge >= 0.3 is 0 Å². The maximum Gasteiger partial charge on any atom is 0.244 e. The first-order valence-electron chi connectivity index (χ1n) is 7.50. The van der Waals surface area contributed by atoms with Crippen LogP contribution in [0, 0.1) is 11.3 Å². The van der Waals surface area contributed by atoms with Gasteiger partial charge in [-0.1, -0.05) is 6.07 Å². The van der Waals surface area contributed by atoms with Crippen molar-refractivity contribution in [1.29, 1.82) is 5.26 Å². The Hall–Kier alpha value is -1.60. The first kappa shape index (κ1) is 17.2. The molecule has 2 aliphatic heterocycles. The van der Waals surface area contributed by atoms with E-state index in [9.17, 15) is 13.2 Å². The lowest BCUT2D eigenvalue weighted by molar-refractivity contribution is -0.138. The monoisotopic (exact) mass is 367 g/mol. The van der Waals surface area contributed by atoms with Crippen molar-refractivity contribution in [2.24, 2.45) is 0 Å². The van der Waals surface area contributed by atoms with Crippen LogP contribution in [-0.2, 0) is 19.6 Å². The van der Waals surface area contributed by atoms with Crippen LogP contribution in [0.5, 0.6) is 0 Å². The molecule has 0 unspecified atom stereocenters. The van der Waals surface area contributed by atoms with E-state index in [0.29, 0.717) is 32.1 Å². The highest BCUT2D eigenvalue weighted by Gasteiger charge is 2.41. The van der Waals surface area contributed by atoms with E-state index in [4.69, 9.17) is 10.00 Å². The normalized spacial score (nSPS) is 22.3. The molecule has 2 fully saturated rings. The van der Waals surface area contributed by atoms with Crippen molar-refractivity contribution in [3.63, 3.8) is 0 Å². The van der Waals surface area contributed by atoms with Crippen molar-refractivity contribution in [3.8, 4) is 6.07 Å². The molecule has 0 N–H and O–H groups in total. The van der Waals surface area contributed by atoms with Gasteiger partial charge in [-0.25, -0.2) is 8.42 Å². The summed E-state index contributed by atoms with van der Waals surface area (Å²) in [6, 6.07) is 7.11. The number of hydrogen-bond donors (Lipinski definition) is 0. The van der Waals surface area contributed by atoms with Gasteiger partial charge in [0, 0.05) is 18.8 Å². The Bertz CT molecular complexity index is 769. The number of benzene rings is 1. The largest absolute Gasteiger partial charge is 0.378 e. The third kappa shape index (κ3) is 3.28. The second kappa shape index (κ2) is 7.11. The quantitative estimate of drug-likeness (QED) is 0.772. The molecular weight excluding hydrogens is 350 g/mol. The third-order valence-corrected chi connectivity index (χ3v) is 7.05. The highest BCUT2D eigenvalue weighted by atomic mass is 32.2. The van der Waals surface area contributed by atoms with Crippen LogP contribution in [-0.4, -0.2) is 67.5 Å². The summed E-state index contributed by atoms with van der Waals surface area (Å²) >= 11 is 1.42. The van der Waals surface area contributed by atoms with Gasteiger partial charge in [0.25, 0.3) is 0 Å². The van der Waals surface area contributed by atoms with Crippen LogP contribution in [0.2, 0.25) is 0 Å². The van der Waals surface area contributed by atoms with Gasteiger partial charge in [0.05, 0.1) is 35.6 Å². The number of morpholine rings is 1. The Morgan fingerprint density at radius 2 is 2.08 bits per heavy atom. The van der Waals surface area contributed by atoms with Gasteiger partial charge in [0.1, 0.15) is 6.04 Å². The summed E-state index contributed by atoms with van der Waals surface area (Å²) < 4.78 is 32.3. The van der Waals surface area contributed by atoms with Crippen molar-refractivity contribution in [2.75, 3.05) is 37.9 Å². The average Bonchev–Trinajstić information content (AvgIpc) is 3.12. The van der Waals surface area contributed by atoms with Crippen molar-refractivity contribution in [1.82, 2.24) is 9.21 Å². The maximum absolute atomic E-state index is 12.9. The lowest BCUT2D eigenvalue weighted by Crippen LogP contribution is -2.51. The second-order valence-electron chi connectivity index (χ2n) is 5.49. The van der Waals surface area contributed by atoms with E-state index in [0.717, 1.165) is 0 Å². The molecule has 0 bridgehead atoms. The van der Waals surface area contributed by atoms with E-state index in [1.165, 1.54) is 34.3 Å². The number of rotatable bonds is 3. The molecule has 0 spiro atoms. The molecule has 0 aromatic heterocycles. The number of nitrogens with zero attached hydrogens (tertiary/aromatic N) is 3. The second-order valence-corrected chi connectivity index (χ2v) is 8.38. The zero-order chi connectivity index (χ0) is 17.2. The van der Waals surface area contributed by atoms with Gasteiger partial charge in [0.15, 0.2) is 0 Å². The molecule has 1 amide bonds. The van der Waals surface area contributed by atoms with Crippen molar-refractivity contribution in [3.05, 3.63) is 29.8 Å². The van der Waals surface area contributed by atoms with E-state index in [1.807, 2.05) is 6.07 Å². The molecule has 2 saturated heterocycles. The van der Waals surface area contributed by atoms with Gasteiger partial charge < -0.3 is 9.64 Å². The number of sulfonamides is 1. The molecule has 0 aliphatic carbocycles. The topological polar surface area (TPSA) is 90.7 Å². The Balaban J connectivity index is 1.86. The molecule has 1 aromatic rings. The molecule has 2 aliphatic rings. The minimum atomic E-state index is -3.82. The molecule has 24 heavy (non-hydrogen) atoms. The fourth-order valence-corrected chi connectivity index (χ4v) is 5.90. The van der Waals surface area contributed by atoms with Crippen molar-refractivity contribution >= 4 is 27.7 Å². The maximum atomic E-state index is 12.9. The Morgan fingerprint density at radius 1 is 1.33 bits per heavy atom. The van der Waals surface area contributed by atoms with Gasteiger partial charge in [-0.2, -0.15) is 9.57 Å². The molecule has 0 saturated carbocycles. The number of carbonyl (C=O) groups excluding carboxylic acids is 1. The Labute approximate surface area is 145 Å². The fourth-order valence-electron chi connectivity index (χ4n) is 2.71. The van der Waals surface area contributed by atoms with Crippen LogP contribution in [0.15, 0.2) is 29.2 Å². The lowest BCUT2D eigenvalue weighted by atomic mass is 10.2. The lowest BCUT2D eigenvalue weighted by Gasteiger charge is -2.31. The Morgan fingerprint density at radius 3 is 2.79 bits per heavy atom. The van der Waals surface area contributed by atoms with Crippen molar-refractivity contribution in [2.45, 2.75) is 10.9 Å². The predicted molar refractivity (Wildman–Crippen MR) is 88.7 cm³/mol. The molecule has 7 nitrogen and oxygen atoms in total. The van der Waals surface area contributed by atoms with Gasteiger partial charge in [0.2, 0.25) is 15.9 Å². The van der Waals surface area contributed by atoms with E-state index < -0.39 is 16.1 Å². The number of amides is 1. The molecular formula is C15H17N3O4S2. The zero-order valence-electron chi connectivity index (χ0n) is 12.9. The highest BCUT2D eigenvalue weighted by molar-refractivity contribution is 8.00. The summed E-state index contributed by atoms with van der Waals surface area (Å²) in [6.07, 6.45) is 0. The van der Waals surface area contributed by atoms with Crippen LogP contribution in [0.4, 0.5) is 0 Å². The van der Waals surface area contributed by atoms with E-state index in [2.05, 4.69) is 0 Å². The summed E-state index contributed by atoms with van der Waals surface area (Å²) in [5, 5.41) is 8.97. The van der Waals surface area contributed by atoms with Crippen LogP contribution in [0.25, 0.3) is 0 Å². The van der Waals surface area contributed by atoms with E-state index in [1.54, 1.807) is 11.0 Å². The van der Waals surface area contributed by atoms with Crippen LogP contribution < -0.4 is 0 Å². The Kier molecular flexibility index (Phi) is 5.10. The number of ether oxygens (including phenoxy) is 1. The van der Waals surface area contributed by atoms with E-state index in [-0.39, 0.29) is 22.2 Å².